The van der Waals surface area contributed by atoms with Crippen molar-refractivity contribution in [3.63, 3.8) is 0 Å². The number of rotatable bonds is 8. The SMILES string of the molecule is CC(C)COc1ccccc1/C=N/n1cnnc1SCc1ccccc1. The smallest absolute Gasteiger partial charge is 0.212 e. The van der Waals surface area contributed by atoms with Crippen LogP contribution in [0.2, 0.25) is 0 Å². The summed E-state index contributed by atoms with van der Waals surface area (Å²) in [6, 6.07) is 18.2. The fourth-order valence-corrected chi connectivity index (χ4v) is 3.03. The highest BCUT2D eigenvalue weighted by atomic mass is 32.2. The maximum absolute atomic E-state index is 5.87. The van der Waals surface area contributed by atoms with Crippen LogP contribution >= 0.6 is 11.8 Å². The van der Waals surface area contributed by atoms with Gasteiger partial charge < -0.3 is 4.74 Å². The van der Waals surface area contributed by atoms with E-state index >= 15 is 0 Å². The maximum atomic E-state index is 5.87. The number of para-hydroxylation sites is 1. The molecule has 3 rings (SSSR count). The lowest BCUT2D eigenvalue weighted by atomic mass is 10.2. The van der Waals surface area contributed by atoms with E-state index in [2.05, 4.69) is 41.3 Å². The molecule has 0 amide bonds. The molecule has 0 aliphatic heterocycles. The summed E-state index contributed by atoms with van der Waals surface area (Å²) < 4.78 is 7.55. The van der Waals surface area contributed by atoms with Gasteiger partial charge >= 0.3 is 0 Å². The molecule has 0 aliphatic rings. The summed E-state index contributed by atoms with van der Waals surface area (Å²) in [5.41, 5.74) is 2.17. The Bertz CT molecular complexity index is 846. The highest BCUT2D eigenvalue weighted by molar-refractivity contribution is 7.98. The van der Waals surface area contributed by atoms with Crippen LogP contribution in [0.1, 0.15) is 25.0 Å². The molecule has 0 fully saturated rings. The fourth-order valence-electron chi connectivity index (χ4n) is 2.22. The Morgan fingerprint density at radius 1 is 1.12 bits per heavy atom. The molecule has 0 spiro atoms. The second-order valence-electron chi connectivity index (χ2n) is 6.22. The van der Waals surface area contributed by atoms with E-state index in [1.807, 2.05) is 42.5 Å². The molecular formula is C20H22N4OS. The van der Waals surface area contributed by atoms with Crippen LogP contribution in [0.3, 0.4) is 0 Å². The van der Waals surface area contributed by atoms with Crippen molar-refractivity contribution in [1.82, 2.24) is 14.9 Å². The minimum Gasteiger partial charge on any atom is -0.493 e. The molecule has 26 heavy (non-hydrogen) atoms. The number of aromatic nitrogens is 3. The standard InChI is InChI=1S/C20H22N4OS/c1-16(2)13-25-19-11-7-6-10-18(19)12-22-24-15-21-23-20(24)26-14-17-8-4-3-5-9-17/h3-12,15-16H,13-14H2,1-2H3/b22-12+. The van der Waals surface area contributed by atoms with Gasteiger partial charge in [-0.3, -0.25) is 0 Å². The lowest BCUT2D eigenvalue weighted by Crippen LogP contribution is -2.06. The second-order valence-corrected chi connectivity index (χ2v) is 7.16. The van der Waals surface area contributed by atoms with Crippen LogP contribution in [-0.4, -0.2) is 27.7 Å². The molecule has 5 nitrogen and oxygen atoms in total. The molecule has 134 valence electrons. The Morgan fingerprint density at radius 3 is 2.69 bits per heavy atom. The lowest BCUT2D eigenvalue weighted by molar-refractivity contribution is 0.270. The van der Waals surface area contributed by atoms with Crippen LogP contribution in [0.4, 0.5) is 0 Å². The topological polar surface area (TPSA) is 52.3 Å². The highest BCUT2D eigenvalue weighted by Crippen LogP contribution is 2.21. The van der Waals surface area contributed by atoms with Crippen molar-refractivity contribution in [2.45, 2.75) is 24.8 Å². The molecule has 1 heterocycles. The third kappa shape index (κ3) is 5.20. The largest absolute Gasteiger partial charge is 0.493 e. The molecule has 2 aromatic carbocycles. The van der Waals surface area contributed by atoms with Crippen molar-refractivity contribution in [2.24, 2.45) is 11.0 Å². The minimum absolute atomic E-state index is 0.471. The van der Waals surface area contributed by atoms with Gasteiger partial charge in [-0.1, -0.05) is 68.1 Å². The van der Waals surface area contributed by atoms with Gasteiger partial charge in [-0.25, -0.2) is 0 Å². The van der Waals surface area contributed by atoms with Crippen LogP contribution < -0.4 is 4.74 Å². The fraction of sp³-hybridized carbons (Fsp3) is 0.250. The summed E-state index contributed by atoms with van der Waals surface area (Å²) >= 11 is 1.60. The quantitative estimate of drug-likeness (QED) is 0.435. The third-order valence-corrected chi connectivity index (χ3v) is 4.53. The first-order valence-electron chi connectivity index (χ1n) is 8.55. The van der Waals surface area contributed by atoms with Gasteiger partial charge in [0.05, 0.1) is 12.8 Å². The number of hydrogen-bond acceptors (Lipinski definition) is 5. The molecule has 0 atom stereocenters. The number of thioether (sulfide) groups is 1. The van der Waals surface area contributed by atoms with Crippen molar-refractivity contribution < 1.29 is 4.74 Å². The first kappa shape index (κ1) is 18.2. The number of hydrogen-bond donors (Lipinski definition) is 0. The molecule has 0 aliphatic carbocycles. The molecular weight excluding hydrogens is 344 g/mol. The molecule has 0 saturated carbocycles. The molecule has 3 aromatic rings. The molecule has 0 bridgehead atoms. The average molecular weight is 366 g/mol. The van der Waals surface area contributed by atoms with Gasteiger partial charge in [0.2, 0.25) is 5.16 Å². The zero-order chi connectivity index (χ0) is 18.2. The maximum Gasteiger partial charge on any atom is 0.212 e. The van der Waals surface area contributed by atoms with E-state index < -0.39 is 0 Å². The van der Waals surface area contributed by atoms with Gasteiger partial charge in [0, 0.05) is 11.3 Å². The average Bonchev–Trinajstić information content (AvgIpc) is 3.12. The van der Waals surface area contributed by atoms with Crippen molar-refractivity contribution in [3.05, 3.63) is 72.1 Å². The van der Waals surface area contributed by atoms with E-state index in [0.717, 1.165) is 22.2 Å². The van der Waals surface area contributed by atoms with Crippen LogP contribution in [-0.2, 0) is 5.75 Å². The summed E-state index contributed by atoms with van der Waals surface area (Å²) in [6.07, 6.45) is 3.40. The first-order valence-corrected chi connectivity index (χ1v) is 9.54. The summed E-state index contributed by atoms with van der Waals surface area (Å²) in [4.78, 5) is 0. The van der Waals surface area contributed by atoms with E-state index in [1.165, 1.54) is 5.56 Å². The van der Waals surface area contributed by atoms with Crippen molar-refractivity contribution in [1.29, 1.82) is 0 Å². The van der Waals surface area contributed by atoms with E-state index in [4.69, 9.17) is 4.74 Å². The molecule has 1 aromatic heterocycles. The van der Waals surface area contributed by atoms with Crippen LogP contribution in [0.25, 0.3) is 0 Å². The zero-order valence-electron chi connectivity index (χ0n) is 14.9. The summed E-state index contributed by atoms with van der Waals surface area (Å²) in [7, 11) is 0. The summed E-state index contributed by atoms with van der Waals surface area (Å²) in [5.74, 6) is 2.12. The molecule has 0 saturated heterocycles. The zero-order valence-corrected chi connectivity index (χ0v) is 15.8. The summed E-state index contributed by atoms with van der Waals surface area (Å²) in [6.45, 7) is 4.93. The highest BCUT2D eigenvalue weighted by Gasteiger charge is 2.06. The molecule has 0 N–H and O–H groups in total. The van der Waals surface area contributed by atoms with Crippen LogP contribution in [0, 0.1) is 5.92 Å². The van der Waals surface area contributed by atoms with Crippen molar-refractivity contribution in [3.8, 4) is 5.75 Å². The monoisotopic (exact) mass is 366 g/mol. The number of benzene rings is 2. The lowest BCUT2D eigenvalue weighted by Gasteiger charge is -2.10. The normalized spacial score (nSPS) is 11.3. The van der Waals surface area contributed by atoms with E-state index in [0.29, 0.717) is 12.5 Å². The van der Waals surface area contributed by atoms with Crippen molar-refractivity contribution in [2.75, 3.05) is 6.61 Å². The Balaban J connectivity index is 1.69. The predicted molar refractivity (Wildman–Crippen MR) is 106 cm³/mol. The number of ether oxygens (including phenoxy) is 1. The van der Waals surface area contributed by atoms with E-state index in [1.54, 1.807) is 29.0 Å². The Morgan fingerprint density at radius 2 is 1.88 bits per heavy atom. The number of nitrogens with zero attached hydrogens (tertiary/aromatic N) is 4. The van der Waals surface area contributed by atoms with Crippen molar-refractivity contribution >= 4 is 18.0 Å². The minimum atomic E-state index is 0.471. The second kappa shape index (κ2) is 9.20. The Kier molecular flexibility index (Phi) is 6.44. The van der Waals surface area contributed by atoms with E-state index in [9.17, 15) is 0 Å². The molecule has 6 heteroatoms. The van der Waals surface area contributed by atoms with Gasteiger partial charge in [-0.15, -0.1) is 10.2 Å². The predicted octanol–water partition coefficient (Wildman–Crippen LogP) is 4.49. The first-order chi connectivity index (χ1) is 12.7. The van der Waals surface area contributed by atoms with Gasteiger partial charge in [0.25, 0.3) is 0 Å². The van der Waals surface area contributed by atoms with Gasteiger partial charge in [0.15, 0.2) is 0 Å². The van der Waals surface area contributed by atoms with Crippen LogP contribution in [0.5, 0.6) is 5.75 Å². The Labute approximate surface area is 158 Å². The Hall–Kier alpha value is -2.60. The molecule has 0 unspecified atom stereocenters. The summed E-state index contributed by atoms with van der Waals surface area (Å²) in [5, 5.41) is 13.4. The van der Waals surface area contributed by atoms with Gasteiger partial charge in [-0.2, -0.15) is 9.78 Å². The van der Waals surface area contributed by atoms with Crippen LogP contribution in [0.15, 0.2) is 71.2 Å². The molecule has 0 radical (unpaired) electrons. The van der Waals surface area contributed by atoms with E-state index in [-0.39, 0.29) is 0 Å². The third-order valence-electron chi connectivity index (χ3n) is 3.52. The van der Waals surface area contributed by atoms with Gasteiger partial charge in [0.1, 0.15) is 12.1 Å². The van der Waals surface area contributed by atoms with Gasteiger partial charge in [-0.05, 0) is 23.6 Å².